The lowest BCUT2D eigenvalue weighted by Crippen LogP contribution is -2.55. The molecule has 1 aromatic rings. The summed E-state index contributed by atoms with van der Waals surface area (Å²) in [6.07, 6.45) is 3.30. The standard InChI is InChI=1S/C10H15ClN4/c1-7-5-12-6-8(2)15(7)10-9(11)13-3-4-14-10/h3-4,7-8,12H,5-6H2,1-2H3/t7-,8+. The van der Waals surface area contributed by atoms with Crippen LogP contribution in [-0.2, 0) is 0 Å². The summed E-state index contributed by atoms with van der Waals surface area (Å²) in [5, 5.41) is 3.85. The predicted molar refractivity (Wildman–Crippen MR) is 61.3 cm³/mol. The maximum Gasteiger partial charge on any atom is 0.171 e. The molecule has 15 heavy (non-hydrogen) atoms. The first-order chi connectivity index (χ1) is 7.20. The summed E-state index contributed by atoms with van der Waals surface area (Å²) in [5.74, 6) is 0.792. The molecule has 1 aliphatic heterocycles. The topological polar surface area (TPSA) is 41.0 Å². The smallest absolute Gasteiger partial charge is 0.171 e. The van der Waals surface area contributed by atoms with Gasteiger partial charge < -0.3 is 10.2 Å². The molecular weight excluding hydrogens is 212 g/mol. The van der Waals surface area contributed by atoms with Crippen molar-refractivity contribution in [3.63, 3.8) is 0 Å². The number of anilines is 1. The van der Waals surface area contributed by atoms with Crippen molar-refractivity contribution in [3.8, 4) is 0 Å². The first kappa shape index (κ1) is 10.6. The minimum absolute atomic E-state index is 0.392. The summed E-state index contributed by atoms with van der Waals surface area (Å²) in [6.45, 7) is 6.23. The van der Waals surface area contributed by atoms with Gasteiger partial charge in [0, 0.05) is 37.6 Å². The molecular formula is C10H15ClN4. The van der Waals surface area contributed by atoms with Crippen LogP contribution in [0.25, 0.3) is 0 Å². The molecule has 2 atom stereocenters. The lowest BCUT2D eigenvalue weighted by atomic mass is 10.1. The Morgan fingerprint density at radius 1 is 1.27 bits per heavy atom. The number of aromatic nitrogens is 2. The summed E-state index contributed by atoms with van der Waals surface area (Å²) >= 11 is 6.05. The van der Waals surface area contributed by atoms with Crippen LogP contribution >= 0.6 is 11.6 Å². The van der Waals surface area contributed by atoms with Crippen molar-refractivity contribution in [1.29, 1.82) is 0 Å². The molecule has 0 bridgehead atoms. The van der Waals surface area contributed by atoms with Crippen LogP contribution in [-0.4, -0.2) is 35.1 Å². The Labute approximate surface area is 94.7 Å². The van der Waals surface area contributed by atoms with Crippen molar-refractivity contribution >= 4 is 17.4 Å². The van der Waals surface area contributed by atoms with E-state index in [0.29, 0.717) is 17.2 Å². The van der Waals surface area contributed by atoms with Gasteiger partial charge >= 0.3 is 0 Å². The average Bonchev–Trinajstić information content (AvgIpc) is 2.20. The lowest BCUT2D eigenvalue weighted by Gasteiger charge is -2.40. The lowest BCUT2D eigenvalue weighted by molar-refractivity contribution is 0.428. The second-order valence-electron chi connectivity index (χ2n) is 3.93. The van der Waals surface area contributed by atoms with Crippen LogP contribution < -0.4 is 10.2 Å². The monoisotopic (exact) mass is 226 g/mol. The maximum atomic E-state index is 6.05. The van der Waals surface area contributed by atoms with Gasteiger partial charge in [-0.05, 0) is 13.8 Å². The Morgan fingerprint density at radius 2 is 1.87 bits per heavy atom. The summed E-state index contributed by atoms with van der Waals surface area (Å²) in [4.78, 5) is 10.6. The summed E-state index contributed by atoms with van der Waals surface area (Å²) < 4.78 is 0. The van der Waals surface area contributed by atoms with E-state index >= 15 is 0 Å². The third kappa shape index (κ3) is 2.06. The van der Waals surface area contributed by atoms with E-state index in [1.54, 1.807) is 12.4 Å². The van der Waals surface area contributed by atoms with Gasteiger partial charge in [0.2, 0.25) is 0 Å². The zero-order chi connectivity index (χ0) is 10.8. The van der Waals surface area contributed by atoms with Crippen molar-refractivity contribution < 1.29 is 0 Å². The number of rotatable bonds is 1. The fourth-order valence-electron chi connectivity index (χ4n) is 2.04. The molecule has 1 aromatic heterocycles. The van der Waals surface area contributed by atoms with Crippen LogP contribution in [0.2, 0.25) is 5.15 Å². The van der Waals surface area contributed by atoms with Crippen molar-refractivity contribution in [2.45, 2.75) is 25.9 Å². The van der Waals surface area contributed by atoms with Gasteiger partial charge in [-0.15, -0.1) is 0 Å². The molecule has 4 nitrogen and oxygen atoms in total. The molecule has 0 radical (unpaired) electrons. The van der Waals surface area contributed by atoms with E-state index in [-0.39, 0.29) is 0 Å². The van der Waals surface area contributed by atoms with Gasteiger partial charge in [0.05, 0.1) is 0 Å². The molecule has 82 valence electrons. The Balaban J connectivity index is 2.31. The van der Waals surface area contributed by atoms with Crippen LogP contribution in [0.1, 0.15) is 13.8 Å². The molecule has 0 spiro atoms. The van der Waals surface area contributed by atoms with Gasteiger partial charge in [-0.1, -0.05) is 11.6 Å². The van der Waals surface area contributed by atoms with Gasteiger partial charge in [0.25, 0.3) is 0 Å². The molecule has 0 aromatic carbocycles. The Bertz CT molecular complexity index is 334. The van der Waals surface area contributed by atoms with E-state index < -0.39 is 0 Å². The normalized spacial score (nSPS) is 26.7. The fraction of sp³-hybridized carbons (Fsp3) is 0.600. The van der Waals surface area contributed by atoms with Gasteiger partial charge in [-0.3, -0.25) is 0 Å². The minimum Gasteiger partial charge on any atom is -0.346 e. The van der Waals surface area contributed by atoms with Gasteiger partial charge in [0.15, 0.2) is 11.0 Å². The Hall–Kier alpha value is -0.870. The molecule has 2 rings (SSSR count). The summed E-state index contributed by atoms with van der Waals surface area (Å²) in [7, 11) is 0. The zero-order valence-electron chi connectivity index (χ0n) is 8.94. The Morgan fingerprint density at radius 3 is 2.47 bits per heavy atom. The highest BCUT2D eigenvalue weighted by molar-refractivity contribution is 6.31. The van der Waals surface area contributed by atoms with Crippen molar-refractivity contribution in [2.75, 3.05) is 18.0 Å². The molecule has 1 fully saturated rings. The minimum atomic E-state index is 0.392. The second-order valence-corrected chi connectivity index (χ2v) is 4.29. The number of nitrogens with zero attached hydrogens (tertiary/aromatic N) is 3. The van der Waals surface area contributed by atoms with Crippen LogP contribution in [0.3, 0.4) is 0 Å². The molecule has 1 N–H and O–H groups in total. The maximum absolute atomic E-state index is 6.05. The van der Waals surface area contributed by atoms with Crippen LogP contribution in [0.4, 0.5) is 5.82 Å². The van der Waals surface area contributed by atoms with E-state index in [1.165, 1.54) is 0 Å². The Kier molecular flexibility index (Phi) is 3.07. The van der Waals surface area contributed by atoms with Crippen LogP contribution in [0.15, 0.2) is 12.4 Å². The highest BCUT2D eigenvalue weighted by Crippen LogP contribution is 2.25. The number of hydrogen-bond acceptors (Lipinski definition) is 4. The van der Waals surface area contributed by atoms with E-state index in [9.17, 15) is 0 Å². The SMILES string of the molecule is C[C@@H]1CNC[C@H](C)N1c1nccnc1Cl. The van der Waals surface area contributed by atoms with E-state index in [2.05, 4.69) is 34.0 Å². The van der Waals surface area contributed by atoms with E-state index in [0.717, 1.165) is 18.9 Å². The third-order valence-electron chi connectivity index (χ3n) is 2.71. The number of piperazine rings is 1. The highest BCUT2D eigenvalue weighted by Gasteiger charge is 2.27. The highest BCUT2D eigenvalue weighted by atomic mass is 35.5. The van der Waals surface area contributed by atoms with E-state index in [1.807, 2.05) is 0 Å². The van der Waals surface area contributed by atoms with Crippen molar-refractivity contribution in [2.24, 2.45) is 0 Å². The first-order valence-corrected chi connectivity index (χ1v) is 5.53. The average molecular weight is 227 g/mol. The fourth-order valence-corrected chi connectivity index (χ4v) is 2.24. The summed E-state index contributed by atoms with van der Waals surface area (Å²) in [6, 6.07) is 0.783. The molecule has 5 heteroatoms. The van der Waals surface area contributed by atoms with Gasteiger partial charge in [-0.25, -0.2) is 9.97 Å². The second kappa shape index (κ2) is 4.33. The predicted octanol–water partition coefficient (Wildman–Crippen LogP) is 1.32. The van der Waals surface area contributed by atoms with Crippen molar-refractivity contribution in [3.05, 3.63) is 17.5 Å². The molecule has 2 heterocycles. The number of hydrogen-bond donors (Lipinski definition) is 1. The van der Waals surface area contributed by atoms with Crippen LogP contribution in [0, 0.1) is 0 Å². The van der Waals surface area contributed by atoms with Crippen molar-refractivity contribution in [1.82, 2.24) is 15.3 Å². The zero-order valence-corrected chi connectivity index (χ0v) is 9.70. The number of nitrogens with one attached hydrogen (secondary N) is 1. The van der Waals surface area contributed by atoms with E-state index in [4.69, 9.17) is 11.6 Å². The molecule has 1 aliphatic rings. The molecule has 0 amide bonds. The quantitative estimate of drug-likeness (QED) is 0.784. The third-order valence-corrected chi connectivity index (χ3v) is 2.98. The molecule has 0 aliphatic carbocycles. The largest absolute Gasteiger partial charge is 0.346 e. The number of halogens is 1. The van der Waals surface area contributed by atoms with Crippen LogP contribution in [0.5, 0.6) is 0 Å². The van der Waals surface area contributed by atoms with Gasteiger partial charge in [0.1, 0.15) is 0 Å². The molecule has 0 saturated carbocycles. The summed E-state index contributed by atoms with van der Waals surface area (Å²) in [5.41, 5.74) is 0. The molecule has 0 unspecified atom stereocenters. The molecule has 1 saturated heterocycles. The first-order valence-electron chi connectivity index (χ1n) is 5.15. The van der Waals surface area contributed by atoms with Gasteiger partial charge in [-0.2, -0.15) is 0 Å².